The van der Waals surface area contributed by atoms with Crippen molar-refractivity contribution in [3.63, 3.8) is 0 Å². The Balaban J connectivity index is 1.28. The number of carboxylic acids is 1. The second kappa shape index (κ2) is 10.6. The van der Waals surface area contributed by atoms with E-state index in [0.29, 0.717) is 32.2 Å². The van der Waals surface area contributed by atoms with Crippen LogP contribution in [0, 0.1) is 34.4 Å². The predicted molar refractivity (Wildman–Crippen MR) is 142 cm³/mol. The van der Waals surface area contributed by atoms with Crippen LogP contribution in [0.15, 0.2) is 12.1 Å². The molecule has 1 aromatic rings. The summed E-state index contributed by atoms with van der Waals surface area (Å²) in [5.41, 5.74) is -0.472. The second-order valence-electron chi connectivity index (χ2n) is 12.9. The Morgan fingerprint density at radius 1 is 1.03 bits per heavy atom. The Morgan fingerprint density at radius 2 is 1.72 bits per heavy atom. The molecule has 4 aliphatic carbocycles. The van der Waals surface area contributed by atoms with Crippen LogP contribution < -0.4 is 20.1 Å². The number of amides is 2. The van der Waals surface area contributed by atoms with E-state index in [2.05, 4.69) is 17.6 Å². The molecule has 4 atom stereocenters. The van der Waals surface area contributed by atoms with Gasteiger partial charge in [-0.15, -0.1) is 0 Å². The number of carboxylic acid groups (broad SMARTS) is 1. The number of benzene rings is 1. The summed E-state index contributed by atoms with van der Waals surface area (Å²) in [7, 11) is 1.38. The van der Waals surface area contributed by atoms with Crippen LogP contribution in [-0.2, 0) is 9.59 Å². The van der Waals surface area contributed by atoms with Gasteiger partial charge in [0.05, 0.1) is 30.1 Å². The summed E-state index contributed by atoms with van der Waals surface area (Å²) in [4.78, 5) is 38.4. The molecule has 2 bridgehead atoms. The summed E-state index contributed by atoms with van der Waals surface area (Å²) in [5, 5.41) is 15.8. The van der Waals surface area contributed by atoms with E-state index in [0.717, 1.165) is 38.2 Å². The van der Waals surface area contributed by atoms with Crippen molar-refractivity contribution in [3.05, 3.63) is 23.5 Å². The highest BCUT2D eigenvalue weighted by Gasteiger charge is 2.51. The minimum Gasteiger partial charge on any atom is -0.496 e. The summed E-state index contributed by atoms with van der Waals surface area (Å²) < 4.78 is 26.2. The molecule has 4 aliphatic rings. The van der Waals surface area contributed by atoms with Crippen molar-refractivity contribution in [3.8, 4) is 11.5 Å². The minimum absolute atomic E-state index is 0.0152. The second-order valence-corrected chi connectivity index (χ2v) is 12.9. The molecule has 0 aliphatic heterocycles. The summed E-state index contributed by atoms with van der Waals surface area (Å²) >= 11 is 0. The van der Waals surface area contributed by atoms with Crippen molar-refractivity contribution in [1.82, 2.24) is 10.6 Å². The lowest BCUT2D eigenvalue weighted by atomic mass is 9.70. The highest BCUT2D eigenvalue weighted by molar-refractivity contribution is 5.98. The lowest BCUT2D eigenvalue weighted by Gasteiger charge is -2.39. The number of hydrogen-bond donors (Lipinski definition) is 3. The molecule has 214 valence electrons. The van der Waals surface area contributed by atoms with Crippen molar-refractivity contribution in [2.75, 3.05) is 13.7 Å². The van der Waals surface area contributed by atoms with E-state index in [9.17, 15) is 23.9 Å². The van der Waals surface area contributed by atoms with Gasteiger partial charge >= 0.3 is 5.97 Å². The Morgan fingerprint density at radius 3 is 2.33 bits per heavy atom. The fourth-order valence-corrected chi connectivity index (χ4v) is 7.19. The molecule has 39 heavy (non-hydrogen) atoms. The maximum atomic E-state index is 14.9. The Kier molecular flexibility index (Phi) is 7.55. The van der Waals surface area contributed by atoms with Gasteiger partial charge in [0.1, 0.15) is 5.75 Å². The fourth-order valence-electron chi connectivity index (χ4n) is 7.19. The van der Waals surface area contributed by atoms with E-state index in [1.807, 2.05) is 0 Å². The van der Waals surface area contributed by atoms with Crippen molar-refractivity contribution in [2.24, 2.45) is 28.6 Å². The quantitative estimate of drug-likeness (QED) is 0.415. The molecule has 0 radical (unpaired) electrons. The highest BCUT2D eigenvalue weighted by Crippen LogP contribution is 2.49. The van der Waals surface area contributed by atoms with Crippen LogP contribution in [0.1, 0.15) is 88.4 Å². The molecule has 9 heteroatoms. The van der Waals surface area contributed by atoms with Gasteiger partial charge in [-0.25, -0.2) is 4.39 Å². The van der Waals surface area contributed by atoms with Crippen LogP contribution in [0.2, 0.25) is 0 Å². The zero-order chi connectivity index (χ0) is 27.9. The lowest BCUT2D eigenvalue weighted by molar-refractivity contribution is -0.150. The summed E-state index contributed by atoms with van der Waals surface area (Å²) in [6, 6.07) is 2.24. The number of rotatable bonds is 9. The maximum Gasteiger partial charge on any atom is 0.309 e. The molecule has 0 saturated heterocycles. The van der Waals surface area contributed by atoms with Gasteiger partial charge in [-0.2, -0.15) is 0 Å². The van der Waals surface area contributed by atoms with Gasteiger partial charge in [-0.05, 0) is 88.0 Å². The summed E-state index contributed by atoms with van der Waals surface area (Å²) in [6.07, 6.45) is 7.84. The first-order chi connectivity index (χ1) is 18.5. The average molecular weight is 545 g/mol. The predicted octanol–water partition coefficient (Wildman–Crippen LogP) is 4.70. The first kappa shape index (κ1) is 27.7. The van der Waals surface area contributed by atoms with Crippen LogP contribution in [0.3, 0.4) is 0 Å². The first-order valence-corrected chi connectivity index (χ1v) is 14.4. The van der Waals surface area contributed by atoms with E-state index in [-0.39, 0.29) is 58.3 Å². The topological polar surface area (TPSA) is 114 Å². The molecule has 1 aromatic carbocycles. The highest BCUT2D eigenvalue weighted by atomic mass is 19.1. The number of carbonyl (C=O) groups excluding carboxylic acids is 2. The number of hydrogen-bond acceptors (Lipinski definition) is 5. The maximum absolute atomic E-state index is 14.9. The van der Waals surface area contributed by atoms with Gasteiger partial charge in [0.25, 0.3) is 5.91 Å². The van der Waals surface area contributed by atoms with E-state index in [1.165, 1.54) is 19.6 Å². The number of carbonyl (C=O) groups is 3. The van der Waals surface area contributed by atoms with Crippen molar-refractivity contribution < 1.29 is 33.4 Å². The standard InChI is InChI=1S/C30H41FN2O6/c1-29(9-4-10-29)16-32-27(35)24-17-5-6-18(13-17)25(24)33-26(34)20-14-23(21(31)15-22(20)38-3)39-19-7-11-30(2,12-8-19)28(36)37/h14-15,17-19,24-25H,4-13,16H2,1-3H3,(H,32,35)(H,33,34)(H,36,37). The Labute approximate surface area is 229 Å². The number of ether oxygens (including phenoxy) is 2. The number of halogens is 1. The molecule has 5 rings (SSSR count). The molecule has 2 amide bonds. The molecule has 4 saturated carbocycles. The van der Waals surface area contributed by atoms with Gasteiger partial charge in [0.15, 0.2) is 11.6 Å². The van der Waals surface area contributed by atoms with Crippen LogP contribution in [0.5, 0.6) is 11.5 Å². The lowest BCUT2D eigenvalue weighted by Crippen LogP contribution is -2.51. The zero-order valence-electron chi connectivity index (χ0n) is 23.2. The van der Waals surface area contributed by atoms with Crippen molar-refractivity contribution >= 4 is 17.8 Å². The molecule has 0 aromatic heterocycles. The monoisotopic (exact) mass is 544 g/mol. The summed E-state index contributed by atoms with van der Waals surface area (Å²) in [6.45, 7) is 4.59. The average Bonchev–Trinajstić information content (AvgIpc) is 3.50. The molecule has 0 heterocycles. The number of methoxy groups -OCH3 is 1. The third-order valence-electron chi connectivity index (χ3n) is 10.1. The van der Waals surface area contributed by atoms with Crippen LogP contribution in [0.25, 0.3) is 0 Å². The SMILES string of the molecule is COc1cc(F)c(OC2CCC(C)(C(=O)O)CC2)cc1C(=O)NC1C2CCC(C2)C1C(=O)NCC1(C)CCC1. The Bertz CT molecular complexity index is 1130. The molecule has 4 fully saturated rings. The molecular weight excluding hydrogens is 503 g/mol. The Hall–Kier alpha value is -2.84. The first-order valence-electron chi connectivity index (χ1n) is 14.4. The van der Waals surface area contributed by atoms with Gasteiger partial charge in [0.2, 0.25) is 5.91 Å². The smallest absolute Gasteiger partial charge is 0.309 e. The van der Waals surface area contributed by atoms with Crippen molar-refractivity contribution in [2.45, 2.75) is 90.2 Å². The molecule has 8 nitrogen and oxygen atoms in total. The third-order valence-corrected chi connectivity index (χ3v) is 10.1. The van der Waals surface area contributed by atoms with Crippen LogP contribution in [-0.4, -0.2) is 48.7 Å². The van der Waals surface area contributed by atoms with Gasteiger partial charge in [0, 0.05) is 18.7 Å². The van der Waals surface area contributed by atoms with E-state index in [1.54, 1.807) is 6.92 Å². The third kappa shape index (κ3) is 5.46. The molecular formula is C30H41FN2O6. The molecule has 4 unspecified atom stereocenters. The van der Waals surface area contributed by atoms with E-state index < -0.39 is 23.1 Å². The molecule has 0 spiro atoms. The number of fused-ring (bicyclic) bond motifs is 2. The fraction of sp³-hybridized carbons (Fsp3) is 0.700. The van der Waals surface area contributed by atoms with E-state index in [4.69, 9.17) is 9.47 Å². The zero-order valence-corrected chi connectivity index (χ0v) is 23.2. The van der Waals surface area contributed by atoms with Gasteiger partial charge < -0.3 is 25.2 Å². The number of nitrogens with one attached hydrogen (secondary N) is 2. The number of aliphatic carboxylic acids is 1. The summed E-state index contributed by atoms with van der Waals surface area (Å²) in [5.74, 6) is -1.61. The van der Waals surface area contributed by atoms with Crippen LogP contribution in [0.4, 0.5) is 4.39 Å². The van der Waals surface area contributed by atoms with E-state index >= 15 is 0 Å². The van der Waals surface area contributed by atoms with Gasteiger partial charge in [-0.3, -0.25) is 14.4 Å². The largest absolute Gasteiger partial charge is 0.496 e. The normalized spacial score (nSPS) is 32.7. The minimum atomic E-state index is -0.833. The molecule has 3 N–H and O–H groups in total. The van der Waals surface area contributed by atoms with Gasteiger partial charge in [-0.1, -0.05) is 13.3 Å². The van der Waals surface area contributed by atoms with Crippen LogP contribution >= 0.6 is 0 Å². The van der Waals surface area contributed by atoms with Crippen molar-refractivity contribution in [1.29, 1.82) is 0 Å².